The lowest BCUT2D eigenvalue weighted by Gasteiger charge is -2.06. The minimum Gasteiger partial charge on any atom is -0.390 e. The van der Waals surface area contributed by atoms with Gasteiger partial charge >= 0.3 is 0 Å². The fourth-order valence-corrected chi connectivity index (χ4v) is 2.92. The van der Waals surface area contributed by atoms with Crippen LogP contribution in [0.3, 0.4) is 0 Å². The Kier molecular flexibility index (Phi) is 4.56. The molecule has 0 saturated heterocycles. The highest BCUT2D eigenvalue weighted by molar-refractivity contribution is 7.98. The number of rotatable bonds is 4. The molecule has 0 atom stereocenters. The summed E-state index contributed by atoms with van der Waals surface area (Å²) in [6.07, 6.45) is 1.67. The van der Waals surface area contributed by atoms with Gasteiger partial charge in [0.25, 0.3) is 0 Å². The Morgan fingerprint density at radius 2 is 2.17 bits per heavy atom. The average Bonchev–Trinajstić information content (AvgIpc) is 2.71. The van der Waals surface area contributed by atoms with Crippen LogP contribution in [0.25, 0.3) is 0 Å². The van der Waals surface area contributed by atoms with E-state index in [1.165, 1.54) is 0 Å². The predicted octanol–water partition coefficient (Wildman–Crippen LogP) is 3.51. The highest BCUT2D eigenvalue weighted by Gasteiger charge is 2.08. The predicted molar refractivity (Wildman–Crippen MR) is 75.2 cm³/mol. The molecule has 1 N–H and O–H groups in total. The molecule has 6 heteroatoms. The third kappa shape index (κ3) is 3.01. The Balaban J connectivity index is 2.11. The van der Waals surface area contributed by atoms with E-state index < -0.39 is 0 Å². The van der Waals surface area contributed by atoms with Gasteiger partial charge in [-0.15, -0.1) is 0 Å². The van der Waals surface area contributed by atoms with Crippen LogP contribution in [-0.4, -0.2) is 14.7 Å². The van der Waals surface area contributed by atoms with Gasteiger partial charge in [-0.25, -0.2) is 4.98 Å². The summed E-state index contributed by atoms with van der Waals surface area (Å²) in [5.41, 5.74) is 1.76. The number of aromatic nitrogens is 2. The fraction of sp³-hybridized carbons (Fsp3) is 0.250. The Morgan fingerprint density at radius 1 is 1.39 bits per heavy atom. The minimum atomic E-state index is -0.0119. The standard InChI is InChI=1S/C12H12Cl2N2OS/c1-16-10(6-17)5-15-12(16)18-7-8-4-9(13)2-3-11(8)14/h2-5,17H,6-7H2,1H3. The second-order valence-corrected chi connectivity index (χ2v) is 5.56. The lowest BCUT2D eigenvalue weighted by Crippen LogP contribution is -1.97. The molecule has 2 rings (SSSR count). The number of halogens is 2. The van der Waals surface area contributed by atoms with Crippen molar-refractivity contribution in [2.75, 3.05) is 0 Å². The van der Waals surface area contributed by atoms with E-state index in [0.717, 1.165) is 16.4 Å². The van der Waals surface area contributed by atoms with Crippen molar-refractivity contribution < 1.29 is 5.11 Å². The van der Waals surface area contributed by atoms with Crippen LogP contribution in [0.4, 0.5) is 0 Å². The van der Waals surface area contributed by atoms with E-state index in [0.29, 0.717) is 15.8 Å². The first kappa shape index (κ1) is 13.7. The van der Waals surface area contributed by atoms with Crippen LogP contribution in [0, 0.1) is 0 Å². The van der Waals surface area contributed by atoms with Gasteiger partial charge in [-0.1, -0.05) is 35.0 Å². The van der Waals surface area contributed by atoms with Crippen LogP contribution in [0.15, 0.2) is 29.6 Å². The molecule has 1 aromatic heterocycles. The van der Waals surface area contributed by atoms with Crippen LogP contribution in [0.5, 0.6) is 0 Å². The van der Waals surface area contributed by atoms with Crippen molar-refractivity contribution in [3.8, 4) is 0 Å². The van der Waals surface area contributed by atoms with E-state index >= 15 is 0 Å². The maximum atomic E-state index is 9.09. The molecule has 18 heavy (non-hydrogen) atoms. The van der Waals surface area contributed by atoms with Crippen molar-refractivity contribution in [3.63, 3.8) is 0 Å². The molecule has 3 nitrogen and oxygen atoms in total. The molecule has 0 spiro atoms. The molecule has 1 heterocycles. The first-order chi connectivity index (χ1) is 8.61. The summed E-state index contributed by atoms with van der Waals surface area (Å²) in [4.78, 5) is 4.24. The number of hydrogen-bond acceptors (Lipinski definition) is 3. The van der Waals surface area contributed by atoms with Crippen molar-refractivity contribution in [2.45, 2.75) is 17.5 Å². The number of thioether (sulfide) groups is 1. The molecule has 2 aromatic rings. The van der Waals surface area contributed by atoms with Crippen molar-refractivity contribution in [3.05, 3.63) is 45.7 Å². The Hall–Kier alpha value is -0.680. The molecule has 0 aliphatic heterocycles. The minimum absolute atomic E-state index is 0.0119. The van der Waals surface area contributed by atoms with Gasteiger partial charge in [0.15, 0.2) is 5.16 Å². The molecule has 96 valence electrons. The smallest absolute Gasteiger partial charge is 0.168 e. The van der Waals surface area contributed by atoms with E-state index in [-0.39, 0.29) is 6.61 Å². The summed E-state index contributed by atoms with van der Waals surface area (Å²) in [6, 6.07) is 5.41. The van der Waals surface area contributed by atoms with Crippen LogP contribution >= 0.6 is 35.0 Å². The molecule has 0 fully saturated rings. The summed E-state index contributed by atoms with van der Waals surface area (Å²) in [5.74, 6) is 0.690. The summed E-state index contributed by atoms with van der Waals surface area (Å²) in [7, 11) is 1.88. The van der Waals surface area contributed by atoms with Crippen molar-refractivity contribution in [2.24, 2.45) is 7.05 Å². The van der Waals surface area contributed by atoms with Gasteiger partial charge in [0.2, 0.25) is 0 Å². The van der Waals surface area contributed by atoms with E-state index in [1.54, 1.807) is 30.1 Å². The Bertz CT molecular complexity index is 557. The molecular formula is C12H12Cl2N2OS. The second-order valence-electron chi connectivity index (χ2n) is 3.77. The molecule has 0 aliphatic carbocycles. The lowest BCUT2D eigenvalue weighted by atomic mass is 10.2. The van der Waals surface area contributed by atoms with Gasteiger partial charge in [-0.05, 0) is 23.8 Å². The van der Waals surface area contributed by atoms with Crippen LogP contribution in [-0.2, 0) is 19.4 Å². The second kappa shape index (κ2) is 5.97. The monoisotopic (exact) mass is 302 g/mol. The van der Waals surface area contributed by atoms with Crippen molar-refractivity contribution in [1.29, 1.82) is 0 Å². The number of aliphatic hydroxyl groups is 1. The van der Waals surface area contributed by atoms with Crippen LogP contribution < -0.4 is 0 Å². The SMILES string of the molecule is Cn1c(CO)cnc1SCc1cc(Cl)ccc1Cl. The molecule has 0 amide bonds. The number of benzene rings is 1. The van der Waals surface area contributed by atoms with Gasteiger partial charge in [0.05, 0.1) is 18.5 Å². The Morgan fingerprint density at radius 3 is 2.83 bits per heavy atom. The number of hydrogen-bond donors (Lipinski definition) is 1. The molecule has 0 bridgehead atoms. The van der Waals surface area contributed by atoms with Gasteiger partial charge < -0.3 is 9.67 Å². The van der Waals surface area contributed by atoms with Gasteiger partial charge in [-0.2, -0.15) is 0 Å². The van der Waals surface area contributed by atoms with E-state index in [9.17, 15) is 0 Å². The van der Waals surface area contributed by atoms with Crippen LogP contribution in [0.1, 0.15) is 11.3 Å². The first-order valence-corrected chi connectivity index (χ1v) is 7.04. The molecular weight excluding hydrogens is 291 g/mol. The fourth-order valence-electron chi connectivity index (χ4n) is 1.50. The van der Waals surface area contributed by atoms with Crippen molar-refractivity contribution >= 4 is 35.0 Å². The zero-order valence-electron chi connectivity index (χ0n) is 9.73. The topological polar surface area (TPSA) is 38.0 Å². The zero-order chi connectivity index (χ0) is 13.1. The zero-order valence-corrected chi connectivity index (χ0v) is 12.1. The maximum absolute atomic E-state index is 9.09. The highest BCUT2D eigenvalue weighted by Crippen LogP contribution is 2.28. The summed E-state index contributed by atoms with van der Waals surface area (Å²) < 4.78 is 1.86. The first-order valence-electron chi connectivity index (χ1n) is 5.30. The average molecular weight is 303 g/mol. The maximum Gasteiger partial charge on any atom is 0.168 e. The molecule has 0 unspecified atom stereocenters. The number of nitrogens with zero attached hydrogens (tertiary/aromatic N) is 2. The lowest BCUT2D eigenvalue weighted by molar-refractivity contribution is 0.271. The van der Waals surface area contributed by atoms with E-state index in [4.69, 9.17) is 28.3 Å². The summed E-state index contributed by atoms with van der Waals surface area (Å²) in [5, 5.41) is 11.3. The Labute approximate surface area is 120 Å². The normalized spacial score (nSPS) is 10.9. The van der Waals surface area contributed by atoms with E-state index in [2.05, 4.69) is 4.98 Å². The number of imidazole rings is 1. The quantitative estimate of drug-likeness (QED) is 0.878. The molecule has 0 aliphatic rings. The summed E-state index contributed by atoms with van der Waals surface area (Å²) in [6.45, 7) is -0.0119. The molecule has 0 saturated carbocycles. The molecule has 0 radical (unpaired) electrons. The largest absolute Gasteiger partial charge is 0.390 e. The van der Waals surface area contributed by atoms with Gasteiger partial charge in [0, 0.05) is 22.8 Å². The third-order valence-electron chi connectivity index (χ3n) is 2.57. The van der Waals surface area contributed by atoms with Crippen molar-refractivity contribution in [1.82, 2.24) is 9.55 Å². The summed E-state index contributed by atoms with van der Waals surface area (Å²) >= 11 is 13.6. The number of aliphatic hydroxyl groups excluding tert-OH is 1. The van der Waals surface area contributed by atoms with Gasteiger partial charge in [-0.3, -0.25) is 0 Å². The molecule has 1 aromatic carbocycles. The third-order valence-corrected chi connectivity index (χ3v) is 4.26. The van der Waals surface area contributed by atoms with Gasteiger partial charge in [0.1, 0.15) is 0 Å². The van der Waals surface area contributed by atoms with E-state index in [1.807, 2.05) is 17.7 Å². The van der Waals surface area contributed by atoms with Crippen LogP contribution in [0.2, 0.25) is 10.0 Å². The highest BCUT2D eigenvalue weighted by atomic mass is 35.5.